The van der Waals surface area contributed by atoms with E-state index in [4.69, 9.17) is 16.3 Å². The number of nitrogens with one attached hydrogen (secondary N) is 1. The predicted octanol–water partition coefficient (Wildman–Crippen LogP) is 4.78. The fourth-order valence-electron chi connectivity index (χ4n) is 4.52. The molecular weight excluding hydrogens is 491 g/mol. The van der Waals surface area contributed by atoms with E-state index in [9.17, 15) is 10.0 Å². The second kappa shape index (κ2) is 11.3. The summed E-state index contributed by atoms with van der Waals surface area (Å²) in [7, 11) is 1.54. The van der Waals surface area contributed by atoms with Gasteiger partial charge in [0, 0.05) is 41.8 Å². The van der Waals surface area contributed by atoms with Crippen molar-refractivity contribution < 1.29 is 19.1 Å². The minimum absolute atomic E-state index is 0.0767. The molecule has 4 rings (SSSR count). The highest BCUT2D eigenvalue weighted by Crippen LogP contribution is 2.42. The lowest BCUT2D eigenvalue weighted by atomic mass is 9.73. The summed E-state index contributed by atoms with van der Waals surface area (Å²) in [5, 5.41) is 12.9. The van der Waals surface area contributed by atoms with Gasteiger partial charge in [0.1, 0.15) is 11.9 Å². The molecule has 7 nitrogen and oxygen atoms in total. The Kier molecular flexibility index (Phi) is 8.19. The highest BCUT2D eigenvalue weighted by Gasteiger charge is 2.41. The first-order chi connectivity index (χ1) is 17.0. The van der Waals surface area contributed by atoms with Gasteiger partial charge in [-0.2, -0.15) is 0 Å². The molecule has 1 aliphatic heterocycles. The first kappa shape index (κ1) is 25.3. The van der Waals surface area contributed by atoms with Crippen LogP contribution in [0.15, 0.2) is 36.0 Å². The maximum Gasteiger partial charge on any atom is 0.249 e. The van der Waals surface area contributed by atoms with Crippen LogP contribution < -0.4 is 10.2 Å². The van der Waals surface area contributed by atoms with Crippen molar-refractivity contribution in [3.8, 4) is 17.6 Å². The summed E-state index contributed by atoms with van der Waals surface area (Å²) in [5.74, 6) is 6.25. The van der Waals surface area contributed by atoms with Crippen molar-refractivity contribution in [1.82, 2.24) is 20.3 Å². The SMILES string of the molecule is COc1ccc2ncc(Cl)c(C(F)CCC3(C(=O)NO)CCN(CC#Cc4nccs4)CC3)c2c1. The van der Waals surface area contributed by atoms with Crippen molar-refractivity contribution in [2.24, 2.45) is 5.41 Å². The van der Waals surface area contributed by atoms with Crippen molar-refractivity contribution in [2.75, 3.05) is 26.7 Å². The molecule has 0 saturated carbocycles. The minimum atomic E-state index is -1.41. The normalized spacial score (nSPS) is 16.3. The van der Waals surface area contributed by atoms with Gasteiger partial charge in [-0.1, -0.05) is 17.5 Å². The molecule has 0 spiro atoms. The highest BCUT2D eigenvalue weighted by atomic mass is 35.5. The molecule has 2 N–H and O–H groups in total. The van der Waals surface area contributed by atoms with Crippen LogP contribution in [0.5, 0.6) is 5.75 Å². The molecule has 35 heavy (non-hydrogen) atoms. The monoisotopic (exact) mass is 516 g/mol. The zero-order valence-electron chi connectivity index (χ0n) is 19.3. The van der Waals surface area contributed by atoms with Crippen LogP contribution in [-0.4, -0.2) is 52.7 Å². The molecule has 3 heterocycles. The number of ether oxygens (including phenoxy) is 1. The number of alkyl halides is 1. The van der Waals surface area contributed by atoms with E-state index in [1.54, 1.807) is 37.0 Å². The highest BCUT2D eigenvalue weighted by molar-refractivity contribution is 7.10. The zero-order chi connectivity index (χ0) is 24.8. The van der Waals surface area contributed by atoms with Crippen LogP contribution in [0.25, 0.3) is 10.9 Å². The van der Waals surface area contributed by atoms with E-state index >= 15 is 4.39 Å². The van der Waals surface area contributed by atoms with Crippen LogP contribution in [0, 0.1) is 17.3 Å². The molecular formula is C25H26ClFN4O3S. The molecule has 1 saturated heterocycles. The number of carbonyl (C=O) groups excluding carboxylic acids is 1. The summed E-state index contributed by atoms with van der Waals surface area (Å²) in [6, 6.07) is 5.24. The van der Waals surface area contributed by atoms with Crippen molar-refractivity contribution in [2.45, 2.75) is 31.9 Å². The van der Waals surface area contributed by atoms with Crippen molar-refractivity contribution in [3.63, 3.8) is 0 Å². The van der Waals surface area contributed by atoms with E-state index in [1.165, 1.54) is 17.5 Å². The number of piperidine rings is 1. The van der Waals surface area contributed by atoms with Crippen LogP contribution in [0.4, 0.5) is 4.39 Å². The van der Waals surface area contributed by atoms with Crippen molar-refractivity contribution in [3.05, 3.63) is 51.6 Å². The lowest BCUT2D eigenvalue weighted by molar-refractivity contribution is -0.143. The second-order valence-electron chi connectivity index (χ2n) is 8.55. The summed E-state index contributed by atoms with van der Waals surface area (Å²) >= 11 is 7.85. The van der Waals surface area contributed by atoms with Crippen molar-refractivity contribution >= 4 is 39.7 Å². The predicted molar refractivity (Wildman–Crippen MR) is 133 cm³/mol. The summed E-state index contributed by atoms with van der Waals surface area (Å²) in [5.41, 5.74) is 1.89. The maximum atomic E-state index is 15.7. The fourth-order valence-corrected chi connectivity index (χ4v) is 5.29. The molecule has 1 amide bonds. The van der Waals surface area contributed by atoms with Crippen LogP contribution in [0.3, 0.4) is 0 Å². The first-order valence-electron chi connectivity index (χ1n) is 11.3. The van der Waals surface area contributed by atoms with Gasteiger partial charge in [-0.15, -0.1) is 11.3 Å². The Labute approximate surface area is 212 Å². The summed E-state index contributed by atoms with van der Waals surface area (Å²) in [4.78, 5) is 23.3. The Morgan fingerprint density at radius 3 is 2.89 bits per heavy atom. The number of amides is 1. The summed E-state index contributed by atoms with van der Waals surface area (Å²) < 4.78 is 20.9. The molecule has 1 aromatic carbocycles. The van der Waals surface area contributed by atoms with Crippen molar-refractivity contribution in [1.29, 1.82) is 0 Å². The Morgan fingerprint density at radius 1 is 1.40 bits per heavy atom. The lowest BCUT2D eigenvalue weighted by Gasteiger charge is -2.40. The molecule has 184 valence electrons. The number of aromatic nitrogens is 2. The molecule has 0 aliphatic carbocycles. The Hall–Kier alpha value is -2.77. The fraction of sp³-hybridized carbons (Fsp3) is 0.400. The standard InChI is InChI=1S/C25H26ClFN4O3S/c1-34-17-4-5-21-18(15-17)23(19(26)16-29-21)20(27)6-7-25(24(32)30-33)8-12-31(13-9-25)11-2-3-22-28-10-14-35-22/h4-5,10,14-16,20,33H,6-9,11-13H2,1H3,(H,30,32). The molecule has 1 fully saturated rings. The van der Waals surface area contributed by atoms with Gasteiger partial charge in [0.15, 0.2) is 5.01 Å². The Balaban J connectivity index is 1.46. The number of carbonyl (C=O) groups is 1. The quantitative estimate of drug-likeness (QED) is 0.267. The first-order valence-corrected chi connectivity index (χ1v) is 12.5. The van der Waals surface area contributed by atoms with E-state index in [1.807, 2.05) is 5.38 Å². The molecule has 1 atom stereocenters. The average molecular weight is 517 g/mol. The van der Waals surface area contributed by atoms with E-state index < -0.39 is 17.5 Å². The maximum absolute atomic E-state index is 15.7. The van der Waals surface area contributed by atoms with Gasteiger partial charge in [0.25, 0.3) is 0 Å². The van der Waals surface area contributed by atoms with Crippen LogP contribution in [0.2, 0.25) is 5.02 Å². The number of hydrogen-bond donors (Lipinski definition) is 2. The molecule has 1 aliphatic rings. The topological polar surface area (TPSA) is 87.6 Å². The van der Waals surface area contributed by atoms with Gasteiger partial charge in [-0.3, -0.25) is 19.9 Å². The van der Waals surface area contributed by atoms with Gasteiger partial charge in [0.05, 0.1) is 29.6 Å². The summed E-state index contributed by atoms with van der Waals surface area (Å²) in [6.07, 6.45) is 3.07. The Bertz CT molecular complexity index is 1240. The van der Waals surface area contributed by atoms with E-state index in [2.05, 4.69) is 26.7 Å². The van der Waals surface area contributed by atoms with Crippen LogP contribution in [0.1, 0.15) is 42.4 Å². The number of pyridine rings is 1. The molecule has 10 heteroatoms. The number of likely N-dealkylation sites (tertiary alicyclic amines) is 1. The number of rotatable bonds is 7. The molecule has 0 bridgehead atoms. The van der Waals surface area contributed by atoms with E-state index in [-0.39, 0.29) is 17.9 Å². The third kappa shape index (κ3) is 5.73. The summed E-state index contributed by atoms with van der Waals surface area (Å²) in [6.45, 7) is 1.79. The van der Waals surface area contributed by atoms with Crippen LogP contribution in [-0.2, 0) is 4.79 Å². The third-order valence-corrected chi connectivity index (χ3v) is 7.57. The van der Waals surface area contributed by atoms with Gasteiger partial charge in [-0.05, 0) is 49.8 Å². The minimum Gasteiger partial charge on any atom is -0.497 e. The molecule has 0 radical (unpaired) electrons. The smallest absolute Gasteiger partial charge is 0.249 e. The number of halogens is 2. The van der Waals surface area contributed by atoms with E-state index in [0.29, 0.717) is 54.7 Å². The number of thiazole rings is 1. The van der Waals surface area contributed by atoms with Gasteiger partial charge in [-0.25, -0.2) is 14.9 Å². The van der Waals surface area contributed by atoms with Gasteiger partial charge in [0.2, 0.25) is 5.91 Å². The number of hydroxylamine groups is 1. The third-order valence-electron chi connectivity index (χ3n) is 6.58. The number of hydrogen-bond acceptors (Lipinski definition) is 7. The Morgan fingerprint density at radius 2 is 2.20 bits per heavy atom. The second-order valence-corrected chi connectivity index (χ2v) is 9.85. The van der Waals surface area contributed by atoms with Gasteiger partial charge < -0.3 is 4.74 Å². The van der Waals surface area contributed by atoms with E-state index in [0.717, 1.165) is 5.01 Å². The number of methoxy groups -OCH3 is 1. The largest absolute Gasteiger partial charge is 0.497 e. The zero-order valence-corrected chi connectivity index (χ0v) is 20.8. The van der Waals surface area contributed by atoms with Gasteiger partial charge >= 0.3 is 0 Å². The number of fused-ring (bicyclic) bond motifs is 1. The average Bonchev–Trinajstić information content (AvgIpc) is 3.40. The number of benzene rings is 1. The molecule has 2 aromatic heterocycles. The molecule has 3 aromatic rings. The van der Waals surface area contributed by atoms with Crippen LogP contribution >= 0.6 is 22.9 Å². The lowest BCUT2D eigenvalue weighted by Crippen LogP contribution is -2.48. The molecule has 1 unspecified atom stereocenters. The number of nitrogens with zero attached hydrogens (tertiary/aromatic N) is 3.